The van der Waals surface area contributed by atoms with Crippen molar-refractivity contribution in [1.29, 1.82) is 0 Å². The van der Waals surface area contributed by atoms with E-state index in [1.165, 1.54) is 13.0 Å². The van der Waals surface area contributed by atoms with Gasteiger partial charge in [0.15, 0.2) is 6.10 Å². The fourth-order valence-corrected chi connectivity index (χ4v) is 4.49. The largest absolute Gasteiger partial charge is 0.393 e. The van der Waals surface area contributed by atoms with E-state index in [4.69, 9.17) is 22.2 Å². The molecule has 1 aliphatic carbocycles. The predicted molar refractivity (Wildman–Crippen MR) is 134 cm³/mol. The van der Waals surface area contributed by atoms with Crippen molar-refractivity contribution >= 4 is 30.1 Å². The van der Waals surface area contributed by atoms with Gasteiger partial charge in [-0.15, -0.1) is 5.16 Å². The van der Waals surface area contributed by atoms with Crippen molar-refractivity contribution in [1.82, 2.24) is 5.32 Å². The van der Waals surface area contributed by atoms with Crippen LogP contribution in [0.4, 0.5) is 8.92 Å². The molecule has 0 heterocycles. The number of amidine groups is 1. The first kappa shape index (κ1) is 28.7. The first-order chi connectivity index (χ1) is 16.7. The summed E-state index contributed by atoms with van der Waals surface area (Å²) in [6.45, 7) is 6.57. The Balaban J connectivity index is 1.92. The van der Waals surface area contributed by atoms with Gasteiger partial charge in [0, 0.05) is 18.5 Å². The summed E-state index contributed by atoms with van der Waals surface area (Å²) in [7, 11) is 0. The van der Waals surface area contributed by atoms with Gasteiger partial charge in [-0.2, -0.15) is 4.94 Å². The van der Waals surface area contributed by atoms with E-state index >= 15 is 0 Å². The molecule has 194 valence electrons. The van der Waals surface area contributed by atoms with Gasteiger partial charge < -0.3 is 15.9 Å². The normalized spacial score (nSPS) is 20.7. The maximum Gasteiger partial charge on any atom is 0.252 e. The van der Waals surface area contributed by atoms with Crippen molar-refractivity contribution in [3.63, 3.8) is 0 Å². The highest BCUT2D eigenvalue weighted by Crippen LogP contribution is 2.31. The molecule has 1 aromatic carbocycles. The highest BCUT2D eigenvalue weighted by Gasteiger charge is 2.30. The predicted octanol–water partition coefficient (Wildman–Crippen LogP) is 5.42. The molecular weight excluding hydrogens is 478 g/mol. The molecule has 0 aromatic heterocycles. The molecule has 1 aliphatic rings. The van der Waals surface area contributed by atoms with Crippen molar-refractivity contribution in [3.8, 4) is 0 Å². The number of carbonyl (C=O) groups excluding carboxylic acids is 1. The number of aryl methyl sites for hydroxylation is 1. The lowest BCUT2D eigenvalue weighted by Gasteiger charge is -2.33. The third-order valence-corrected chi connectivity index (χ3v) is 6.45. The summed E-state index contributed by atoms with van der Waals surface area (Å²) >= 11 is 5.87. The molecule has 2 unspecified atom stereocenters. The van der Waals surface area contributed by atoms with E-state index < -0.39 is 17.8 Å². The standard InChI is InChI=1S/C25H35ClF2N4O3/c1-16(34-28)25(33)32-21-10-8-19(9-11-21)24(35-30-3)14-12-20(31-17(2)29)6-4-5-18-7-13-23(27)22(26)15-18/h6-7,13,15-16,19,21,24H,3-5,8-12,14H2,1-2H3,(H2,29,31)(H,32,33)/b20-6-. The summed E-state index contributed by atoms with van der Waals surface area (Å²) in [5, 5.41) is 6.60. The Morgan fingerprint density at radius 1 is 1.37 bits per heavy atom. The highest BCUT2D eigenvalue weighted by atomic mass is 35.5. The number of nitrogens with two attached hydrogens (primary N) is 1. The minimum absolute atomic E-state index is 0.0198. The summed E-state index contributed by atoms with van der Waals surface area (Å²) in [4.78, 5) is 25.5. The molecule has 1 saturated carbocycles. The van der Waals surface area contributed by atoms with Gasteiger partial charge in [0.2, 0.25) is 0 Å². The maximum absolute atomic E-state index is 13.4. The Bertz CT molecular complexity index is 901. The van der Waals surface area contributed by atoms with E-state index in [1.54, 1.807) is 19.1 Å². The van der Waals surface area contributed by atoms with Crippen molar-refractivity contribution in [2.24, 2.45) is 21.8 Å². The second kappa shape index (κ2) is 14.8. The first-order valence-electron chi connectivity index (χ1n) is 11.9. The molecule has 0 saturated heterocycles. The third-order valence-electron chi connectivity index (χ3n) is 6.16. The zero-order valence-electron chi connectivity index (χ0n) is 20.3. The number of allylic oxidation sites excluding steroid dienone is 2. The van der Waals surface area contributed by atoms with Gasteiger partial charge in [0.1, 0.15) is 11.9 Å². The number of amides is 1. The summed E-state index contributed by atoms with van der Waals surface area (Å²) in [6, 6.07) is 4.69. The quantitative estimate of drug-likeness (QED) is 0.209. The summed E-state index contributed by atoms with van der Waals surface area (Å²) in [5.41, 5.74) is 7.61. The molecule has 1 amide bonds. The number of hydrogen-bond acceptors (Lipinski definition) is 5. The lowest BCUT2D eigenvalue weighted by Crippen LogP contribution is -2.43. The Morgan fingerprint density at radius 3 is 2.69 bits per heavy atom. The van der Waals surface area contributed by atoms with Crippen molar-refractivity contribution in [2.75, 3.05) is 0 Å². The van der Waals surface area contributed by atoms with Crippen molar-refractivity contribution < 1.29 is 23.5 Å². The molecule has 3 N–H and O–H groups in total. The van der Waals surface area contributed by atoms with E-state index in [0.717, 1.165) is 36.9 Å². The fourth-order valence-electron chi connectivity index (χ4n) is 4.29. The van der Waals surface area contributed by atoms with Gasteiger partial charge in [-0.25, -0.2) is 9.38 Å². The van der Waals surface area contributed by atoms with Crippen molar-refractivity contribution in [2.45, 2.75) is 83.5 Å². The van der Waals surface area contributed by atoms with Gasteiger partial charge in [0.05, 0.1) is 10.9 Å². The Hall–Kier alpha value is -2.52. The van der Waals surface area contributed by atoms with Crippen LogP contribution < -0.4 is 11.1 Å². The number of aliphatic imine (C=N–C) groups is 1. The number of benzene rings is 1. The topological polar surface area (TPSA) is 98.3 Å². The maximum atomic E-state index is 13.4. The minimum atomic E-state index is -1.12. The fraction of sp³-hybridized carbons (Fsp3) is 0.560. The highest BCUT2D eigenvalue weighted by molar-refractivity contribution is 6.30. The van der Waals surface area contributed by atoms with Gasteiger partial charge in [-0.05, 0) is 93.4 Å². The van der Waals surface area contributed by atoms with Crippen molar-refractivity contribution in [3.05, 3.63) is 46.4 Å². The van der Waals surface area contributed by atoms with E-state index in [1.807, 2.05) is 6.08 Å². The minimum Gasteiger partial charge on any atom is -0.393 e. The second-order valence-electron chi connectivity index (χ2n) is 8.90. The molecule has 35 heavy (non-hydrogen) atoms. The van der Waals surface area contributed by atoms with Gasteiger partial charge in [-0.3, -0.25) is 4.79 Å². The summed E-state index contributed by atoms with van der Waals surface area (Å²) < 4.78 is 25.6. The second-order valence-corrected chi connectivity index (χ2v) is 9.31. The van der Waals surface area contributed by atoms with E-state index in [-0.39, 0.29) is 23.1 Å². The number of hydrogen-bond donors (Lipinski definition) is 2. The van der Waals surface area contributed by atoms with Crippen LogP contribution in [0.2, 0.25) is 5.02 Å². The van der Waals surface area contributed by atoms with Crippen LogP contribution in [0.15, 0.2) is 40.1 Å². The van der Waals surface area contributed by atoms with Crippen LogP contribution in [0.1, 0.15) is 64.4 Å². The zero-order chi connectivity index (χ0) is 25.8. The smallest absolute Gasteiger partial charge is 0.252 e. The molecule has 0 radical (unpaired) electrons. The SMILES string of the molecule is C=NOC(CC/C(=C/CCc1ccc(F)c(Cl)c1)N=C(C)N)C1CCC(NC(=O)C(C)OF)CC1. The summed E-state index contributed by atoms with van der Waals surface area (Å²) in [6.07, 6.45) is 6.65. The van der Waals surface area contributed by atoms with E-state index in [0.29, 0.717) is 31.5 Å². The number of oxime groups is 1. The molecule has 2 rings (SSSR count). The van der Waals surface area contributed by atoms with Gasteiger partial charge in [-0.1, -0.05) is 23.7 Å². The zero-order valence-corrected chi connectivity index (χ0v) is 21.1. The Kier molecular flexibility index (Phi) is 12.1. The molecular formula is C25H35ClF2N4O3. The molecule has 1 fully saturated rings. The molecule has 0 bridgehead atoms. The Labute approximate surface area is 210 Å². The lowest BCUT2D eigenvalue weighted by atomic mass is 9.81. The molecule has 2 atom stereocenters. The van der Waals surface area contributed by atoms with Crippen LogP contribution in [0.25, 0.3) is 0 Å². The monoisotopic (exact) mass is 512 g/mol. The van der Waals surface area contributed by atoms with Crippen LogP contribution in [-0.2, 0) is 21.0 Å². The number of halogens is 3. The first-order valence-corrected chi connectivity index (χ1v) is 12.2. The molecule has 0 aliphatic heterocycles. The third kappa shape index (κ3) is 9.93. The van der Waals surface area contributed by atoms with Crippen LogP contribution in [0.5, 0.6) is 0 Å². The number of carbonyl (C=O) groups is 1. The summed E-state index contributed by atoms with van der Waals surface area (Å²) in [5.74, 6) is -0.182. The molecule has 10 heteroatoms. The van der Waals surface area contributed by atoms with Gasteiger partial charge >= 0.3 is 0 Å². The molecule has 0 spiro atoms. The van der Waals surface area contributed by atoms with Crippen LogP contribution >= 0.6 is 11.6 Å². The molecule has 7 nitrogen and oxygen atoms in total. The number of rotatable bonds is 13. The average molecular weight is 513 g/mol. The van der Waals surface area contributed by atoms with Crippen LogP contribution in [0, 0.1) is 11.7 Å². The number of nitrogens with zero attached hydrogens (tertiary/aromatic N) is 2. The number of nitrogens with one attached hydrogen (secondary N) is 1. The van der Waals surface area contributed by atoms with Crippen LogP contribution in [-0.4, -0.2) is 36.7 Å². The van der Waals surface area contributed by atoms with E-state index in [2.05, 4.69) is 27.1 Å². The lowest BCUT2D eigenvalue weighted by molar-refractivity contribution is -0.183. The average Bonchev–Trinajstić information content (AvgIpc) is 2.83. The van der Waals surface area contributed by atoms with Crippen LogP contribution in [0.3, 0.4) is 0 Å². The van der Waals surface area contributed by atoms with Gasteiger partial charge in [0.25, 0.3) is 5.91 Å². The van der Waals surface area contributed by atoms with E-state index in [9.17, 15) is 13.7 Å². The molecule has 1 aromatic rings. The Morgan fingerprint density at radius 2 is 2.09 bits per heavy atom.